The second kappa shape index (κ2) is 18.9. The number of rotatable bonds is 9. The zero-order chi connectivity index (χ0) is 39.7. The highest BCUT2D eigenvalue weighted by Crippen LogP contribution is 2.36. The molecule has 0 aliphatic carbocycles. The minimum absolute atomic E-state index is 0.176. The normalized spacial score (nSPS) is 14.0. The molecule has 0 bridgehead atoms. The molecule has 9 rings (SSSR count). The Labute approximate surface area is 355 Å². The van der Waals surface area contributed by atoms with Gasteiger partial charge in [-0.1, -0.05) is 66.7 Å². The second-order valence-electron chi connectivity index (χ2n) is 13.6. The Morgan fingerprint density at radius 1 is 0.552 bits per heavy atom. The summed E-state index contributed by atoms with van der Waals surface area (Å²) in [5.74, 6) is -0.365. The van der Waals surface area contributed by atoms with Crippen LogP contribution in [0.15, 0.2) is 131 Å². The lowest BCUT2D eigenvalue weighted by molar-refractivity contribution is 0.101. The number of thiophene rings is 1. The quantitative estimate of drug-likeness (QED) is 0.0917. The molecule has 0 atom stereocenters. The molecule has 7 aromatic rings. The van der Waals surface area contributed by atoms with Crippen molar-refractivity contribution in [2.24, 2.45) is 0 Å². The molecule has 0 radical (unpaired) electrons. The standard InChI is InChI=1S/C24H22N4OS2.C20H20N4OS2/c29-23(26-18-8-4-5-9-20(18)28-14-12-25-13-15-28)19-16-30-24(27-19)22-11-10-21(31-22)17-6-2-1-3-7-17;25-19(17-13-27-20(23-17)14-5-7-15(26)8-6-14)22-16-3-1-2-4-18(16)24-11-9-21-10-12-24/h1-11,16,25H,12-15H2,(H,26,29);1-8,13,21,26H,9-12H2,(H,22,25). The highest BCUT2D eigenvalue weighted by molar-refractivity contribution is 7.80. The van der Waals surface area contributed by atoms with E-state index in [0.717, 1.165) is 100 Å². The number of piperazine rings is 2. The maximum absolute atomic E-state index is 12.9. The molecule has 2 aliphatic rings. The van der Waals surface area contributed by atoms with E-state index < -0.39 is 0 Å². The van der Waals surface area contributed by atoms with E-state index in [4.69, 9.17) is 0 Å². The highest BCUT2D eigenvalue weighted by atomic mass is 32.1. The minimum Gasteiger partial charge on any atom is -0.367 e. The number of hydrogen-bond donors (Lipinski definition) is 5. The molecule has 2 saturated heterocycles. The number of nitrogens with one attached hydrogen (secondary N) is 4. The third-order valence-corrected chi connectivity index (χ3v) is 13.0. The van der Waals surface area contributed by atoms with E-state index in [1.54, 1.807) is 16.7 Å². The van der Waals surface area contributed by atoms with E-state index in [0.29, 0.717) is 11.4 Å². The number of nitrogens with zero attached hydrogens (tertiary/aromatic N) is 4. The summed E-state index contributed by atoms with van der Waals surface area (Å²) in [4.78, 5) is 42.5. The van der Waals surface area contributed by atoms with Crippen LogP contribution in [0.25, 0.3) is 30.9 Å². The third kappa shape index (κ3) is 9.67. The lowest BCUT2D eigenvalue weighted by Gasteiger charge is -2.31. The van der Waals surface area contributed by atoms with Crippen molar-refractivity contribution in [3.63, 3.8) is 0 Å². The smallest absolute Gasteiger partial charge is 0.275 e. The Morgan fingerprint density at radius 3 is 1.60 bits per heavy atom. The number of thiol groups is 1. The molecule has 4 N–H and O–H groups in total. The van der Waals surface area contributed by atoms with Gasteiger partial charge < -0.3 is 31.1 Å². The molecule has 5 heterocycles. The summed E-state index contributed by atoms with van der Waals surface area (Å²) in [5.41, 5.74) is 6.80. The monoisotopic (exact) mass is 842 g/mol. The number of para-hydroxylation sites is 4. The number of aromatic nitrogens is 2. The lowest BCUT2D eigenvalue weighted by atomic mass is 10.2. The van der Waals surface area contributed by atoms with Crippen LogP contribution in [-0.2, 0) is 0 Å². The molecule has 294 valence electrons. The van der Waals surface area contributed by atoms with Crippen LogP contribution in [0.5, 0.6) is 0 Å². The first kappa shape index (κ1) is 39.5. The van der Waals surface area contributed by atoms with E-state index in [9.17, 15) is 9.59 Å². The summed E-state index contributed by atoms with van der Waals surface area (Å²) in [6, 6.07) is 38.1. The van der Waals surface area contributed by atoms with E-state index in [-0.39, 0.29) is 11.8 Å². The van der Waals surface area contributed by atoms with Crippen molar-refractivity contribution in [3.05, 3.63) is 137 Å². The Bertz CT molecular complexity index is 2450. The molecule has 3 aromatic heterocycles. The van der Waals surface area contributed by atoms with Gasteiger partial charge in [0.15, 0.2) is 0 Å². The Morgan fingerprint density at radius 2 is 1.03 bits per heavy atom. The van der Waals surface area contributed by atoms with E-state index in [1.807, 2.05) is 90.3 Å². The van der Waals surface area contributed by atoms with Crippen molar-refractivity contribution in [1.82, 2.24) is 20.6 Å². The molecule has 10 nitrogen and oxygen atoms in total. The van der Waals surface area contributed by atoms with Gasteiger partial charge in [-0.2, -0.15) is 0 Å². The fourth-order valence-corrected chi connectivity index (χ4v) is 9.55. The Balaban J connectivity index is 0.000000164. The van der Waals surface area contributed by atoms with Gasteiger partial charge in [-0.05, 0) is 54.1 Å². The van der Waals surface area contributed by atoms with Gasteiger partial charge >= 0.3 is 0 Å². The summed E-state index contributed by atoms with van der Waals surface area (Å²) in [6.45, 7) is 7.49. The minimum atomic E-state index is -0.189. The van der Waals surface area contributed by atoms with Gasteiger partial charge in [0.05, 0.1) is 27.6 Å². The van der Waals surface area contributed by atoms with E-state index in [2.05, 4.69) is 84.0 Å². The number of anilines is 4. The van der Waals surface area contributed by atoms with Crippen molar-refractivity contribution in [1.29, 1.82) is 0 Å². The van der Waals surface area contributed by atoms with Crippen molar-refractivity contribution in [2.75, 3.05) is 72.8 Å². The average molecular weight is 843 g/mol. The maximum Gasteiger partial charge on any atom is 0.275 e. The van der Waals surface area contributed by atoms with Gasteiger partial charge in [0.2, 0.25) is 0 Å². The molecule has 2 amide bonds. The number of hydrogen-bond acceptors (Lipinski definition) is 12. The first-order valence-corrected chi connectivity index (χ1v) is 22.1. The molecule has 4 aromatic carbocycles. The van der Waals surface area contributed by atoms with Gasteiger partial charge in [0, 0.05) is 78.5 Å². The summed E-state index contributed by atoms with van der Waals surface area (Å²) < 4.78 is 0. The lowest BCUT2D eigenvalue weighted by Crippen LogP contribution is -2.43. The Hall–Kier alpha value is -5.35. The predicted octanol–water partition coefficient (Wildman–Crippen LogP) is 8.96. The molecule has 2 fully saturated rings. The topological polar surface area (TPSA) is 115 Å². The van der Waals surface area contributed by atoms with E-state index >= 15 is 0 Å². The number of benzene rings is 4. The number of amides is 2. The van der Waals surface area contributed by atoms with E-state index in [1.165, 1.54) is 33.1 Å². The van der Waals surface area contributed by atoms with Gasteiger partial charge in [-0.25, -0.2) is 9.97 Å². The summed E-state index contributed by atoms with van der Waals surface area (Å²) in [6.07, 6.45) is 0. The van der Waals surface area contributed by atoms with Crippen molar-refractivity contribution in [2.45, 2.75) is 4.90 Å². The molecular weight excluding hydrogens is 801 g/mol. The fourth-order valence-electron chi connectivity index (χ4n) is 6.71. The van der Waals surface area contributed by atoms with Crippen LogP contribution in [0.4, 0.5) is 22.7 Å². The van der Waals surface area contributed by atoms with Gasteiger partial charge in [-0.3, -0.25) is 9.59 Å². The van der Waals surface area contributed by atoms with Crippen LogP contribution in [-0.4, -0.2) is 74.1 Å². The zero-order valence-electron chi connectivity index (χ0n) is 31.6. The molecule has 14 heteroatoms. The van der Waals surface area contributed by atoms with Crippen LogP contribution in [0.3, 0.4) is 0 Å². The zero-order valence-corrected chi connectivity index (χ0v) is 34.9. The van der Waals surface area contributed by atoms with Crippen LogP contribution in [0.1, 0.15) is 21.0 Å². The molecule has 58 heavy (non-hydrogen) atoms. The molecule has 2 aliphatic heterocycles. The maximum atomic E-state index is 12.9. The first-order valence-electron chi connectivity index (χ1n) is 19.1. The fraction of sp³-hybridized carbons (Fsp3) is 0.182. The van der Waals surface area contributed by atoms with Crippen molar-refractivity contribution < 1.29 is 9.59 Å². The second-order valence-corrected chi connectivity index (χ2v) is 16.9. The Kier molecular flexibility index (Phi) is 12.9. The number of carbonyl (C=O) groups is 2. The SMILES string of the molecule is O=C(Nc1ccccc1N1CCNCC1)c1csc(-c2ccc(-c3ccccc3)s2)n1.O=C(Nc1ccccc1N1CCNCC1)c1csc(-c2ccc(S)cc2)n1. The molecule has 0 saturated carbocycles. The van der Waals surface area contributed by atoms with Crippen molar-refractivity contribution >= 4 is 81.2 Å². The van der Waals surface area contributed by atoms with Crippen LogP contribution in [0, 0.1) is 0 Å². The first-order chi connectivity index (χ1) is 28.5. The highest BCUT2D eigenvalue weighted by Gasteiger charge is 2.20. The summed E-state index contributed by atoms with van der Waals surface area (Å²) >= 11 is 8.96. The number of carbonyl (C=O) groups excluding carboxylic acids is 2. The van der Waals surface area contributed by atoms with Crippen LogP contribution >= 0.6 is 46.6 Å². The summed E-state index contributed by atoms with van der Waals surface area (Å²) in [5, 5.41) is 18.1. The van der Waals surface area contributed by atoms with Crippen LogP contribution < -0.4 is 31.1 Å². The molecular formula is C44H42N8O2S4. The van der Waals surface area contributed by atoms with Gasteiger partial charge in [0.1, 0.15) is 21.4 Å². The largest absolute Gasteiger partial charge is 0.367 e. The molecule has 0 unspecified atom stereocenters. The third-order valence-electron chi connectivity index (χ3n) is 9.68. The van der Waals surface area contributed by atoms with Gasteiger partial charge in [0.25, 0.3) is 11.8 Å². The van der Waals surface area contributed by atoms with Crippen LogP contribution in [0.2, 0.25) is 0 Å². The van der Waals surface area contributed by atoms with Gasteiger partial charge in [-0.15, -0.1) is 46.6 Å². The van der Waals surface area contributed by atoms with Crippen molar-refractivity contribution in [3.8, 4) is 30.9 Å². The molecule has 0 spiro atoms. The summed E-state index contributed by atoms with van der Waals surface area (Å²) in [7, 11) is 0. The number of thiazole rings is 2. The average Bonchev–Trinajstić information content (AvgIpc) is 4.08. The predicted molar refractivity (Wildman–Crippen MR) is 245 cm³/mol.